The summed E-state index contributed by atoms with van der Waals surface area (Å²) >= 11 is 6.47. The summed E-state index contributed by atoms with van der Waals surface area (Å²) in [7, 11) is 1.64. The molecule has 0 radical (unpaired) electrons. The quantitative estimate of drug-likeness (QED) is 0.228. The molecule has 0 fully saturated rings. The second kappa shape index (κ2) is 11.4. The van der Waals surface area contributed by atoms with Gasteiger partial charge in [-0.25, -0.2) is 4.98 Å². The molecule has 3 heterocycles. The number of aryl methyl sites for hydroxylation is 1. The van der Waals surface area contributed by atoms with Gasteiger partial charge in [0, 0.05) is 35.5 Å². The first-order valence-electron chi connectivity index (χ1n) is 11.7. The minimum atomic E-state index is -1.06. The normalized spacial score (nSPS) is 11.6. The Kier molecular flexibility index (Phi) is 8.00. The highest BCUT2D eigenvalue weighted by atomic mass is 35.5. The van der Waals surface area contributed by atoms with Crippen molar-refractivity contribution in [1.82, 2.24) is 19.5 Å². The Morgan fingerprint density at radius 2 is 1.95 bits per heavy atom. The molecule has 0 spiro atoms. The molecule has 4 rings (SSSR count). The van der Waals surface area contributed by atoms with Gasteiger partial charge in [-0.1, -0.05) is 23.4 Å². The van der Waals surface area contributed by atoms with Gasteiger partial charge in [0.25, 0.3) is 0 Å². The Hall–Kier alpha value is -4.33. The molecule has 38 heavy (non-hydrogen) atoms. The number of aliphatic carboxylic acids is 1. The summed E-state index contributed by atoms with van der Waals surface area (Å²) in [5.41, 5.74) is 16.0. The van der Waals surface area contributed by atoms with E-state index in [-0.39, 0.29) is 24.1 Å². The summed E-state index contributed by atoms with van der Waals surface area (Å²) < 4.78 is 13.0. The highest BCUT2D eigenvalue weighted by molar-refractivity contribution is 6.34. The lowest BCUT2D eigenvalue weighted by Crippen LogP contribution is -2.31. The van der Waals surface area contributed by atoms with Crippen LogP contribution < -0.4 is 20.9 Å². The molecule has 11 heteroatoms. The van der Waals surface area contributed by atoms with Crippen LogP contribution in [0.2, 0.25) is 5.15 Å². The number of methoxy groups -OCH3 is 1. The van der Waals surface area contributed by atoms with E-state index in [1.807, 2.05) is 24.6 Å². The zero-order valence-electron chi connectivity index (χ0n) is 21.2. The van der Waals surface area contributed by atoms with Crippen molar-refractivity contribution in [3.8, 4) is 23.3 Å². The molecule has 0 amide bonds. The summed E-state index contributed by atoms with van der Waals surface area (Å²) in [5.74, 6) is 6.68. The van der Waals surface area contributed by atoms with Crippen molar-refractivity contribution in [3.63, 3.8) is 0 Å². The Bertz CT molecular complexity index is 1560. The van der Waals surface area contributed by atoms with Crippen LogP contribution in [0, 0.1) is 25.7 Å². The summed E-state index contributed by atoms with van der Waals surface area (Å²) in [6, 6.07) is 6.17. The SMILES string of the molecule is COc1c(C)cnc(Cn2cc(C#Cc3ccc(OCC[C@H](N)C(=O)O)cc3)c3c(Cl)nc(N)nc32)c1C. The maximum absolute atomic E-state index is 10.8. The smallest absolute Gasteiger partial charge is 0.320 e. The molecule has 10 nitrogen and oxygen atoms in total. The lowest BCUT2D eigenvalue weighted by molar-refractivity contribution is -0.138. The van der Waals surface area contributed by atoms with Gasteiger partial charge in [0.15, 0.2) is 0 Å². The van der Waals surface area contributed by atoms with Crippen LogP contribution in [0.5, 0.6) is 11.5 Å². The summed E-state index contributed by atoms with van der Waals surface area (Å²) in [6.45, 7) is 4.51. The molecule has 3 aromatic heterocycles. The third-order valence-corrected chi connectivity index (χ3v) is 6.24. The number of nitrogens with zero attached hydrogens (tertiary/aromatic N) is 4. The van der Waals surface area contributed by atoms with E-state index in [2.05, 4.69) is 26.8 Å². The Morgan fingerprint density at radius 1 is 1.21 bits per heavy atom. The predicted molar refractivity (Wildman–Crippen MR) is 144 cm³/mol. The summed E-state index contributed by atoms with van der Waals surface area (Å²) in [5, 5.41) is 9.67. The van der Waals surface area contributed by atoms with E-state index in [1.165, 1.54) is 0 Å². The second-order valence-electron chi connectivity index (χ2n) is 8.64. The van der Waals surface area contributed by atoms with Crippen LogP contribution in [0.4, 0.5) is 5.95 Å². The van der Waals surface area contributed by atoms with E-state index in [1.54, 1.807) is 37.6 Å². The van der Waals surface area contributed by atoms with E-state index >= 15 is 0 Å². The first-order valence-corrected chi connectivity index (χ1v) is 12.1. The predicted octanol–water partition coefficient (Wildman–Crippen LogP) is 3.32. The summed E-state index contributed by atoms with van der Waals surface area (Å²) in [6.07, 6.45) is 3.84. The Labute approximate surface area is 224 Å². The van der Waals surface area contributed by atoms with Crippen LogP contribution >= 0.6 is 11.6 Å². The van der Waals surface area contributed by atoms with Gasteiger partial charge >= 0.3 is 5.97 Å². The molecule has 0 aliphatic heterocycles. The number of anilines is 1. The molecule has 0 aliphatic carbocycles. The van der Waals surface area contributed by atoms with Crippen LogP contribution in [0.3, 0.4) is 0 Å². The molecular weight excluding hydrogens is 508 g/mol. The summed E-state index contributed by atoms with van der Waals surface area (Å²) in [4.78, 5) is 23.9. The van der Waals surface area contributed by atoms with Gasteiger partial charge in [0.05, 0.1) is 36.9 Å². The van der Waals surface area contributed by atoms with E-state index in [4.69, 9.17) is 37.6 Å². The third-order valence-electron chi connectivity index (χ3n) is 5.97. The molecule has 5 N–H and O–H groups in total. The molecule has 0 saturated heterocycles. The van der Waals surface area contributed by atoms with Crippen molar-refractivity contribution in [1.29, 1.82) is 0 Å². The Morgan fingerprint density at radius 3 is 2.63 bits per heavy atom. The minimum Gasteiger partial charge on any atom is -0.496 e. The maximum atomic E-state index is 10.8. The van der Waals surface area contributed by atoms with Crippen molar-refractivity contribution in [2.75, 3.05) is 19.5 Å². The molecule has 1 aromatic carbocycles. The topological polar surface area (TPSA) is 151 Å². The number of carboxylic acid groups (broad SMARTS) is 1. The van der Waals surface area contributed by atoms with E-state index in [9.17, 15) is 4.79 Å². The van der Waals surface area contributed by atoms with Crippen molar-refractivity contribution < 1.29 is 19.4 Å². The zero-order chi connectivity index (χ0) is 27.4. The molecule has 0 bridgehead atoms. The molecule has 0 saturated carbocycles. The first kappa shape index (κ1) is 26.7. The van der Waals surface area contributed by atoms with Gasteiger partial charge in [0.2, 0.25) is 5.95 Å². The van der Waals surface area contributed by atoms with Crippen molar-refractivity contribution in [2.24, 2.45) is 5.73 Å². The largest absolute Gasteiger partial charge is 0.496 e. The van der Waals surface area contributed by atoms with Gasteiger partial charge in [-0.05, 0) is 38.1 Å². The molecular formula is C27H27ClN6O4. The van der Waals surface area contributed by atoms with Crippen LogP contribution in [-0.4, -0.2) is 50.4 Å². The third kappa shape index (κ3) is 5.80. The number of ether oxygens (including phenoxy) is 2. The van der Waals surface area contributed by atoms with E-state index in [0.717, 1.165) is 28.1 Å². The number of fused-ring (bicyclic) bond motifs is 1. The van der Waals surface area contributed by atoms with Gasteiger partial charge in [0.1, 0.15) is 28.3 Å². The Balaban J connectivity index is 1.61. The minimum absolute atomic E-state index is 0.0624. The maximum Gasteiger partial charge on any atom is 0.320 e. The fourth-order valence-corrected chi connectivity index (χ4v) is 4.24. The fourth-order valence-electron chi connectivity index (χ4n) is 3.97. The number of nitrogen functional groups attached to an aromatic ring is 1. The number of rotatable bonds is 8. The highest BCUT2D eigenvalue weighted by Gasteiger charge is 2.17. The number of benzene rings is 1. The van der Waals surface area contributed by atoms with Gasteiger partial charge in [-0.3, -0.25) is 9.78 Å². The number of halogens is 1. The average Bonchev–Trinajstić information content (AvgIpc) is 3.22. The highest BCUT2D eigenvalue weighted by Crippen LogP contribution is 2.29. The lowest BCUT2D eigenvalue weighted by Gasteiger charge is -2.13. The second-order valence-corrected chi connectivity index (χ2v) is 9.00. The number of carboxylic acids is 1. The van der Waals surface area contributed by atoms with Crippen LogP contribution in [0.25, 0.3) is 11.0 Å². The average molecular weight is 535 g/mol. The number of aromatic nitrogens is 4. The van der Waals surface area contributed by atoms with E-state index in [0.29, 0.717) is 28.9 Å². The lowest BCUT2D eigenvalue weighted by atomic mass is 10.1. The van der Waals surface area contributed by atoms with Crippen LogP contribution in [0.1, 0.15) is 34.4 Å². The van der Waals surface area contributed by atoms with Crippen LogP contribution in [0.15, 0.2) is 36.7 Å². The fraction of sp³-hybridized carbons (Fsp3) is 0.259. The van der Waals surface area contributed by atoms with Crippen molar-refractivity contribution in [3.05, 3.63) is 69.8 Å². The molecule has 1 atom stereocenters. The number of hydrogen-bond acceptors (Lipinski definition) is 8. The number of nitrogens with two attached hydrogens (primary N) is 2. The first-order chi connectivity index (χ1) is 18.2. The van der Waals surface area contributed by atoms with Crippen molar-refractivity contribution in [2.45, 2.75) is 32.9 Å². The number of carbonyl (C=O) groups is 1. The molecule has 196 valence electrons. The van der Waals surface area contributed by atoms with Gasteiger partial charge < -0.3 is 30.6 Å². The standard InChI is InChI=1S/C27H27ClN6O4/c1-15-12-31-21(16(2)23(15)37-3)14-34-13-18(22-24(28)32-27(30)33-25(22)34)7-4-17-5-8-19(9-6-17)38-11-10-20(29)26(35)36/h5-6,8-9,12-13,20H,10-11,14,29H2,1-3H3,(H,35,36)(H2,30,32,33)/t20-/m0/s1. The number of pyridine rings is 1. The number of hydrogen-bond donors (Lipinski definition) is 3. The van der Waals surface area contributed by atoms with Gasteiger partial charge in [-0.2, -0.15) is 4.98 Å². The molecule has 0 unspecified atom stereocenters. The van der Waals surface area contributed by atoms with E-state index < -0.39 is 12.0 Å². The zero-order valence-corrected chi connectivity index (χ0v) is 21.9. The van der Waals surface area contributed by atoms with Crippen molar-refractivity contribution >= 4 is 34.6 Å². The van der Waals surface area contributed by atoms with Crippen LogP contribution in [-0.2, 0) is 11.3 Å². The van der Waals surface area contributed by atoms with Gasteiger partial charge in [-0.15, -0.1) is 0 Å². The molecule has 4 aromatic rings. The monoisotopic (exact) mass is 534 g/mol. The molecule has 0 aliphatic rings.